The molecular weight excluding hydrogens is 444 g/mol. The van der Waals surface area contributed by atoms with Crippen molar-refractivity contribution in [2.45, 2.75) is 0 Å². The minimum atomic E-state index is -0.361. The molecule has 0 atom stereocenters. The van der Waals surface area contributed by atoms with Gasteiger partial charge in [-0.2, -0.15) is 10.1 Å². The molecule has 0 saturated carbocycles. The number of hydrogen-bond donors (Lipinski definition) is 3. The number of fused-ring (bicyclic) bond motifs is 1. The van der Waals surface area contributed by atoms with Crippen LogP contribution in [0, 0.1) is 0 Å². The van der Waals surface area contributed by atoms with Crippen LogP contribution in [0.25, 0.3) is 33.4 Å². The molecule has 5 aromatic rings. The number of aromatic nitrogens is 4. The Balaban J connectivity index is 1.62. The van der Waals surface area contributed by atoms with E-state index in [0.717, 1.165) is 16.7 Å². The molecule has 5 rings (SSSR count). The molecule has 0 amide bonds. The van der Waals surface area contributed by atoms with Crippen molar-refractivity contribution < 1.29 is 9.84 Å². The van der Waals surface area contributed by atoms with Gasteiger partial charge in [-0.25, -0.2) is 10.4 Å². The van der Waals surface area contributed by atoms with Crippen molar-refractivity contribution in [1.82, 2.24) is 19.9 Å². The summed E-state index contributed by atoms with van der Waals surface area (Å²) in [6.45, 7) is 0. The number of aromatic amines is 1. The van der Waals surface area contributed by atoms with Crippen LogP contribution in [-0.4, -0.2) is 38.4 Å². The molecule has 3 aromatic heterocycles. The predicted octanol–water partition coefficient (Wildman–Crippen LogP) is 4.21. The van der Waals surface area contributed by atoms with Gasteiger partial charge in [0.05, 0.1) is 24.4 Å². The van der Waals surface area contributed by atoms with E-state index in [1.807, 2.05) is 42.5 Å². The standard InChI is InChI=1S/C26H20N6O3/c1-35-20-6-2-4-17(12-20)21-13-22(18-5-3-11-27-15-18)29-24-23(21)25(34)31-26(30-24)32-28-14-16-7-9-19(33)10-8-16/h2-15,33H,1H3,(H2,29,30,31,32,34). The van der Waals surface area contributed by atoms with E-state index < -0.39 is 0 Å². The number of methoxy groups -OCH3 is 1. The van der Waals surface area contributed by atoms with Gasteiger partial charge in [-0.15, -0.1) is 0 Å². The van der Waals surface area contributed by atoms with Crippen LogP contribution in [0.4, 0.5) is 5.95 Å². The summed E-state index contributed by atoms with van der Waals surface area (Å²) in [5.74, 6) is 0.976. The lowest BCUT2D eigenvalue weighted by atomic mass is 10.0. The topological polar surface area (TPSA) is 125 Å². The summed E-state index contributed by atoms with van der Waals surface area (Å²) < 4.78 is 5.37. The highest BCUT2D eigenvalue weighted by Gasteiger charge is 2.15. The molecule has 0 fully saturated rings. The van der Waals surface area contributed by atoms with Crippen LogP contribution in [0.1, 0.15) is 5.56 Å². The molecule has 3 heterocycles. The first-order valence-electron chi connectivity index (χ1n) is 10.7. The Bertz CT molecular complexity index is 1580. The summed E-state index contributed by atoms with van der Waals surface area (Å²) in [5, 5.41) is 13.9. The lowest BCUT2D eigenvalue weighted by Crippen LogP contribution is -2.13. The van der Waals surface area contributed by atoms with Gasteiger partial charge >= 0.3 is 0 Å². The highest BCUT2D eigenvalue weighted by molar-refractivity contribution is 5.95. The van der Waals surface area contributed by atoms with Crippen LogP contribution in [-0.2, 0) is 0 Å². The van der Waals surface area contributed by atoms with Crippen LogP contribution in [0.15, 0.2) is 89.0 Å². The van der Waals surface area contributed by atoms with Gasteiger partial charge in [-0.3, -0.25) is 14.8 Å². The number of phenolic OH excluding ortho intramolecular Hbond substituents is 1. The monoisotopic (exact) mass is 464 g/mol. The zero-order valence-electron chi connectivity index (χ0n) is 18.6. The Morgan fingerprint density at radius 2 is 1.86 bits per heavy atom. The number of hydrogen-bond acceptors (Lipinski definition) is 8. The highest BCUT2D eigenvalue weighted by atomic mass is 16.5. The fourth-order valence-electron chi connectivity index (χ4n) is 3.60. The first kappa shape index (κ1) is 21.8. The Morgan fingerprint density at radius 1 is 1.03 bits per heavy atom. The summed E-state index contributed by atoms with van der Waals surface area (Å²) in [7, 11) is 1.59. The van der Waals surface area contributed by atoms with E-state index >= 15 is 0 Å². The maximum atomic E-state index is 13.2. The molecule has 0 bridgehead atoms. The number of benzene rings is 2. The van der Waals surface area contributed by atoms with Gasteiger partial charge in [0.1, 0.15) is 11.5 Å². The average molecular weight is 464 g/mol. The number of anilines is 1. The third-order valence-corrected chi connectivity index (χ3v) is 5.29. The smallest absolute Gasteiger partial charge is 0.262 e. The van der Waals surface area contributed by atoms with Crippen molar-refractivity contribution in [1.29, 1.82) is 0 Å². The number of aromatic hydroxyl groups is 1. The van der Waals surface area contributed by atoms with Crippen LogP contribution in [0.5, 0.6) is 11.5 Å². The first-order valence-corrected chi connectivity index (χ1v) is 10.7. The molecule has 0 saturated heterocycles. The third-order valence-electron chi connectivity index (χ3n) is 5.29. The molecule has 9 heteroatoms. The number of ether oxygens (including phenoxy) is 1. The highest BCUT2D eigenvalue weighted by Crippen LogP contribution is 2.31. The van der Waals surface area contributed by atoms with E-state index in [-0.39, 0.29) is 22.9 Å². The molecular formula is C26H20N6O3. The number of nitrogens with one attached hydrogen (secondary N) is 2. The maximum Gasteiger partial charge on any atom is 0.262 e. The Kier molecular flexibility index (Phi) is 5.87. The number of H-pyrrole nitrogens is 1. The van der Waals surface area contributed by atoms with E-state index in [1.54, 1.807) is 50.0 Å². The fraction of sp³-hybridized carbons (Fsp3) is 0.0385. The Labute approximate surface area is 199 Å². The average Bonchev–Trinajstić information content (AvgIpc) is 2.89. The normalized spacial score (nSPS) is 11.1. The second-order valence-electron chi connectivity index (χ2n) is 7.60. The van der Waals surface area contributed by atoms with Gasteiger partial charge in [0.15, 0.2) is 5.65 Å². The van der Waals surface area contributed by atoms with Crippen LogP contribution in [0.2, 0.25) is 0 Å². The van der Waals surface area contributed by atoms with Gasteiger partial charge < -0.3 is 9.84 Å². The molecule has 0 radical (unpaired) electrons. The fourth-order valence-corrected chi connectivity index (χ4v) is 3.60. The third kappa shape index (κ3) is 4.69. The van der Waals surface area contributed by atoms with E-state index in [2.05, 4.69) is 30.5 Å². The number of pyridine rings is 2. The van der Waals surface area contributed by atoms with Crippen molar-refractivity contribution >= 4 is 23.2 Å². The van der Waals surface area contributed by atoms with Crippen molar-refractivity contribution in [3.8, 4) is 33.9 Å². The van der Waals surface area contributed by atoms with E-state index in [4.69, 9.17) is 4.74 Å². The molecule has 0 aliphatic heterocycles. The number of hydrazone groups is 1. The van der Waals surface area contributed by atoms with Crippen molar-refractivity contribution in [2.24, 2.45) is 5.10 Å². The minimum absolute atomic E-state index is 0.143. The number of rotatable bonds is 6. The van der Waals surface area contributed by atoms with Crippen molar-refractivity contribution in [3.05, 3.63) is 95.0 Å². The van der Waals surface area contributed by atoms with Crippen LogP contribution in [0.3, 0.4) is 0 Å². The summed E-state index contributed by atoms with van der Waals surface area (Å²) in [4.78, 5) is 29.2. The summed E-state index contributed by atoms with van der Waals surface area (Å²) in [5.41, 5.74) is 6.28. The molecule has 35 heavy (non-hydrogen) atoms. The largest absolute Gasteiger partial charge is 0.508 e. The number of nitrogens with zero attached hydrogens (tertiary/aromatic N) is 4. The molecule has 9 nitrogen and oxygen atoms in total. The van der Waals surface area contributed by atoms with Gasteiger partial charge in [-0.1, -0.05) is 12.1 Å². The molecule has 0 unspecified atom stereocenters. The Morgan fingerprint density at radius 3 is 2.63 bits per heavy atom. The van der Waals surface area contributed by atoms with Gasteiger partial charge in [0.2, 0.25) is 5.95 Å². The summed E-state index contributed by atoms with van der Waals surface area (Å²) in [6, 6.07) is 19.6. The summed E-state index contributed by atoms with van der Waals surface area (Å²) >= 11 is 0. The predicted molar refractivity (Wildman–Crippen MR) is 135 cm³/mol. The molecule has 0 aliphatic carbocycles. The van der Waals surface area contributed by atoms with E-state index in [0.29, 0.717) is 22.4 Å². The molecule has 0 spiro atoms. The van der Waals surface area contributed by atoms with Gasteiger partial charge in [-0.05, 0) is 65.7 Å². The maximum absolute atomic E-state index is 13.2. The molecule has 2 aromatic carbocycles. The lowest BCUT2D eigenvalue weighted by Gasteiger charge is -2.11. The number of phenols is 1. The Hall–Kier alpha value is -5.05. The van der Waals surface area contributed by atoms with Crippen LogP contribution < -0.4 is 15.7 Å². The molecule has 172 valence electrons. The zero-order valence-corrected chi connectivity index (χ0v) is 18.6. The van der Waals surface area contributed by atoms with Crippen LogP contribution >= 0.6 is 0 Å². The molecule has 0 aliphatic rings. The van der Waals surface area contributed by atoms with Gasteiger partial charge in [0, 0.05) is 23.5 Å². The summed E-state index contributed by atoms with van der Waals surface area (Å²) in [6.07, 6.45) is 4.94. The minimum Gasteiger partial charge on any atom is -0.508 e. The van der Waals surface area contributed by atoms with E-state index in [9.17, 15) is 9.90 Å². The quantitative estimate of drug-likeness (QED) is 0.254. The lowest BCUT2D eigenvalue weighted by molar-refractivity contribution is 0.415. The van der Waals surface area contributed by atoms with E-state index in [1.165, 1.54) is 0 Å². The van der Waals surface area contributed by atoms with Crippen molar-refractivity contribution in [2.75, 3.05) is 12.5 Å². The second-order valence-corrected chi connectivity index (χ2v) is 7.60. The molecule has 3 N–H and O–H groups in total. The van der Waals surface area contributed by atoms with Gasteiger partial charge in [0.25, 0.3) is 5.56 Å². The second kappa shape index (κ2) is 9.44. The SMILES string of the molecule is COc1cccc(-c2cc(-c3cccnc3)nc3nc(NN=Cc4ccc(O)cc4)[nH]c(=O)c23)c1. The first-order chi connectivity index (χ1) is 17.1. The van der Waals surface area contributed by atoms with Crippen molar-refractivity contribution in [3.63, 3.8) is 0 Å². The zero-order chi connectivity index (χ0) is 24.2.